The summed E-state index contributed by atoms with van der Waals surface area (Å²) in [5.74, 6) is -0.528. The van der Waals surface area contributed by atoms with Crippen molar-refractivity contribution < 1.29 is 18.7 Å². The molecule has 0 spiro atoms. The summed E-state index contributed by atoms with van der Waals surface area (Å²) >= 11 is 0. The molecule has 1 saturated heterocycles. The highest BCUT2D eigenvalue weighted by Crippen LogP contribution is 2.42. The Balaban J connectivity index is 1.51. The van der Waals surface area contributed by atoms with Gasteiger partial charge in [-0.25, -0.2) is 8.78 Å². The van der Waals surface area contributed by atoms with Crippen LogP contribution in [0.3, 0.4) is 0 Å². The van der Waals surface area contributed by atoms with Gasteiger partial charge in [0.1, 0.15) is 11.6 Å². The number of hydrogen-bond donors (Lipinski definition) is 1. The fraction of sp³-hybridized carbons (Fsp3) is 0.321. The van der Waals surface area contributed by atoms with Gasteiger partial charge in [-0.3, -0.25) is 4.79 Å². The van der Waals surface area contributed by atoms with Crippen LogP contribution >= 0.6 is 0 Å². The lowest BCUT2D eigenvalue weighted by Crippen LogP contribution is -2.47. The second kappa shape index (κ2) is 9.84. The van der Waals surface area contributed by atoms with E-state index in [1.54, 1.807) is 18.2 Å². The molecular formula is C28H29F2NO2. The smallest absolute Gasteiger partial charge is 0.223 e. The van der Waals surface area contributed by atoms with E-state index in [0.717, 1.165) is 28.7 Å². The molecule has 2 atom stereocenters. The average molecular weight is 450 g/mol. The highest BCUT2D eigenvalue weighted by Gasteiger charge is 2.41. The van der Waals surface area contributed by atoms with Gasteiger partial charge in [0.25, 0.3) is 0 Å². The number of amides is 1. The SMILES string of the molecule is C[C@@H](c1ccc(-c2ccc(F)cc2)cc1)N1CCC(CCCO)(c2cccc(F)c2)CC1=O. The zero-order chi connectivity index (χ0) is 23.4. The molecule has 0 bridgehead atoms. The first-order chi connectivity index (χ1) is 15.9. The molecule has 3 aromatic carbocycles. The van der Waals surface area contributed by atoms with Crippen LogP contribution in [0.5, 0.6) is 0 Å². The van der Waals surface area contributed by atoms with Crippen molar-refractivity contribution >= 4 is 5.91 Å². The van der Waals surface area contributed by atoms with E-state index in [4.69, 9.17) is 0 Å². The largest absolute Gasteiger partial charge is 0.396 e. The molecule has 3 aromatic rings. The molecule has 1 N–H and O–H groups in total. The molecule has 0 radical (unpaired) electrons. The maximum Gasteiger partial charge on any atom is 0.223 e. The molecule has 0 saturated carbocycles. The number of carbonyl (C=O) groups excluding carboxylic acids is 1. The van der Waals surface area contributed by atoms with Gasteiger partial charge >= 0.3 is 0 Å². The summed E-state index contributed by atoms with van der Waals surface area (Å²) in [6.07, 6.45) is 2.24. The lowest BCUT2D eigenvalue weighted by Gasteiger charge is -2.44. The summed E-state index contributed by atoms with van der Waals surface area (Å²) in [7, 11) is 0. The van der Waals surface area contributed by atoms with E-state index in [1.807, 2.05) is 42.2 Å². The number of likely N-dealkylation sites (tertiary alicyclic amines) is 1. The molecule has 1 fully saturated rings. The molecule has 172 valence electrons. The van der Waals surface area contributed by atoms with Crippen LogP contribution in [0.25, 0.3) is 11.1 Å². The third-order valence-corrected chi connectivity index (χ3v) is 6.93. The summed E-state index contributed by atoms with van der Waals surface area (Å²) in [6.45, 7) is 2.64. The van der Waals surface area contributed by atoms with Crippen molar-refractivity contribution in [2.75, 3.05) is 13.2 Å². The van der Waals surface area contributed by atoms with E-state index < -0.39 is 5.41 Å². The molecular weight excluding hydrogens is 420 g/mol. The highest BCUT2D eigenvalue weighted by molar-refractivity contribution is 5.79. The molecule has 1 amide bonds. The number of aliphatic hydroxyl groups excluding tert-OH is 1. The second-order valence-electron chi connectivity index (χ2n) is 8.94. The van der Waals surface area contributed by atoms with Crippen molar-refractivity contribution in [3.63, 3.8) is 0 Å². The third-order valence-electron chi connectivity index (χ3n) is 6.93. The van der Waals surface area contributed by atoms with Crippen LogP contribution in [0.15, 0.2) is 72.8 Å². The molecule has 1 heterocycles. The molecule has 0 aliphatic carbocycles. The van der Waals surface area contributed by atoms with Gasteiger partial charge in [-0.2, -0.15) is 0 Å². The van der Waals surface area contributed by atoms with Crippen molar-refractivity contribution in [3.05, 3.63) is 95.6 Å². The number of piperidine rings is 1. The lowest BCUT2D eigenvalue weighted by atomic mass is 9.69. The Kier molecular flexibility index (Phi) is 6.89. The van der Waals surface area contributed by atoms with E-state index in [9.17, 15) is 18.7 Å². The Morgan fingerprint density at radius 3 is 2.24 bits per heavy atom. The normalized spacial score (nSPS) is 19.5. The number of benzene rings is 3. The van der Waals surface area contributed by atoms with E-state index in [-0.39, 0.29) is 30.2 Å². The van der Waals surface area contributed by atoms with Crippen LogP contribution < -0.4 is 0 Å². The monoisotopic (exact) mass is 449 g/mol. The van der Waals surface area contributed by atoms with Crippen molar-refractivity contribution in [3.8, 4) is 11.1 Å². The Morgan fingerprint density at radius 2 is 1.64 bits per heavy atom. The zero-order valence-electron chi connectivity index (χ0n) is 18.8. The Bertz CT molecular complexity index is 1100. The lowest BCUT2D eigenvalue weighted by molar-refractivity contribution is -0.138. The zero-order valence-corrected chi connectivity index (χ0v) is 18.8. The Hall–Kier alpha value is -3.05. The topological polar surface area (TPSA) is 40.5 Å². The van der Waals surface area contributed by atoms with Gasteiger partial charge in [-0.1, -0.05) is 48.5 Å². The fourth-order valence-corrected chi connectivity index (χ4v) is 4.96. The molecule has 1 aliphatic rings. The standard InChI is InChI=1S/C28H29F2NO2/c1-20(21-6-8-22(9-7-21)23-10-12-25(29)13-11-23)31-16-15-28(14-3-17-32,19-27(31)33)24-4-2-5-26(30)18-24/h2,4-13,18,20,32H,3,14-17,19H2,1H3/t20-,28?/m0/s1. The van der Waals surface area contributed by atoms with E-state index in [0.29, 0.717) is 25.8 Å². The summed E-state index contributed by atoms with van der Waals surface area (Å²) in [6, 6.07) is 20.8. The molecule has 33 heavy (non-hydrogen) atoms. The van der Waals surface area contributed by atoms with Crippen LogP contribution in [0.4, 0.5) is 8.78 Å². The number of nitrogens with zero attached hydrogens (tertiary/aromatic N) is 1. The predicted octanol–water partition coefficient (Wildman–Crippen LogP) is 6.03. The first-order valence-corrected chi connectivity index (χ1v) is 11.4. The fourth-order valence-electron chi connectivity index (χ4n) is 4.96. The minimum Gasteiger partial charge on any atom is -0.396 e. The van der Waals surface area contributed by atoms with Gasteiger partial charge in [-0.05, 0) is 72.7 Å². The van der Waals surface area contributed by atoms with Crippen LogP contribution in [-0.4, -0.2) is 29.1 Å². The van der Waals surface area contributed by atoms with Gasteiger partial charge in [0.2, 0.25) is 5.91 Å². The number of carbonyl (C=O) groups is 1. The summed E-state index contributed by atoms with van der Waals surface area (Å²) < 4.78 is 27.1. The van der Waals surface area contributed by atoms with Crippen LogP contribution in [0.2, 0.25) is 0 Å². The summed E-state index contributed by atoms with van der Waals surface area (Å²) in [5, 5.41) is 9.40. The maximum absolute atomic E-state index is 13.9. The summed E-state index contributed by atoms with van der Waals surface area (Å²) in [4.78, 5) is 15.2. The van der Waals surface area contributed by atoms with Gasteiger partial charge in [0, 0.05) is 25.0 Å². The van der Waals surface area contributed by atoms with Gasteiger partial charge in [0.15, 0.2) is 0 Å². The number of aliphatic hydroxyl groups is 1. The van der Waals surface area contributed by atoms with Gasteiger partial charge in [0.05, 0.1) is 6.04 Å². The minimum atomic E-state index is -0.454. The highest BCUT2D eigenvalue weighted by atomic mass is 19.1. The van der Waals surface area contributed by atoms with Crippen molar-refractivity contribution in [1.29, 1.82) is 0 Å². The number of hydrogen-bond acceptors (Lipinski definition) is 2. The first-order valence-electron chi connectivity index (χ1n) is 11.4. The van der Waals surface area contributed by atoms with Crippen LogP contribution in [0.1, 0.15) is 49.8 Å². The Morgan fingerprint density at radius 1 is 0.970 bits per heavy atom. The molecule has 0 aromatic heterocycles. The van der Waals surface area contributed by atoms with E-state index in [2.05, 4.69) is 0 Å². The predicted molar refractivity (Wildman–Crippen MR) is 126 cm³/mol. The number of halogens is 2. The summed E-state index contributed by atoms with van der Waals surface area (Å²) in [5.41, 5.74) is 3.34. The molecule has 1 unspecified atom stereocenters. The van der Waals surface area contributed by atoms with Gasteiger partial charge < -0.3 is 10.0 Å². The van der Waals surface area contributed by atoms with Gasteiger partial charge in [-0.15, -0.1) is 0 Å². The Labute approximate surface area is 193 Å². The van der Waals surface area contributed by atoms with Crippen LogP contribution in [0, 0.1) is 11.6 Å². The van der Waals surface area contributed by atoms with E-state index in [1.165, 1.54) is 24.3 Å². The average Bonchev–Trinajstić information content (AvgIpc) is 2.83. The van der Waals surface area contributed by atoms with Crippen molar-refractivity contribution in [2.24, 2.45) is 0 Å². The van der Waals surface area contributed by atoms with Crippen LogP contribution in [-0.2, 0) is 10.2 Å². The minimum absolute atomic E-state index is 0.0403. The number of rotatable bonds is 7. The third kappa shape index (κ3) is 4.98. The maximum atomic E-state index is 13.9. The second-order valence-corrected chi connectivity index (χ2v) is 8.94. The van der Waals surface area contributed by atoms with Crippen molar-refractivity contribution in [1.82, 2.24) is 4.90 Å². The quantitative estimate of drug-likeness (QED) is 0.479. The molecule has 3 nitrogen and oxygen atoms in total. The van der Waals surface area contributed by atoms with E-state index >= 15 is 0 Å². The first kappa shape index (κ1) is 23.1. The molecule has 1 aliphatic heterocycles. The molecule has 4 rings (SSSR count). The van der Waals surface area contributed by atoms with Crippen molar-refractivity contribution in [2.45, 2.75) is 44.1 Å². The molecule has 5 heteroatoms.